The van der Waals surface area contributed by atoms with Crippen molar-refractivity contribution >= 4 is 0 Å². The van der Waals surface area contributed by atoms with Crippen molar-refractivity contribution in [1.82, 2.24) is 5.32 Å². The van der Waals surface area contributed by atoms with Gasteiger partial charge < -0.3 is 15.8 Å². The van der Waals surface area contributed by atoms with E-state index in [1.807, 2.05) is 0 Å². The molecule has 3 N–H and O–H groups in total. The van der Waals surface area contributed by atoms with Crippen LogP contribution in [0.5, 0.6) is 0 Å². The molecule has 0 bridgehead atoms. The molecule has 12 heavy (non-hydrogen) atoms. The third-order valence-corrected chi connectivity index (χ3v) is 2.82. The molecule has 70 valence electrons. The van der Waals surface area contributed by atoms with E-state index in [0.717, 1.165) is 25.8 Å². The lowest BCUT2D eigenvalue weighted by molar-refractivity contribution is 0.177. The van der Waals surface area contributed by atoms with Crippen LogP contribution in [-0.2, 0) is 4.74 Å². The molecular formula is C9H18N2O. The van der Waals surface area contributed by atoms with E-state index in [9.17, 15) is 0 Å². The van der Waals surface area contributed by atoms with Crippen molar-refractivity contribution in [3.8, 4) is 0 Å². The van der Waals surface area contributed by atoms with Crippen molar-refractivity contribution in [2.45, 2.75) is 31.3 Å². The lowest BCUT2D eigenvalue weighted by Gasteiger charge is -2.21. The fourth-order valence-corrected chi connectivity index (χ4v) is 1.82. The molecule has 0 aromatic heterocycles. The normalized spacial score (nSPS) is 32.2. The van der Waals surface area contributed by atoms with Crippen LogP contribution < -0.4 is 11.1 Å². The molecule has 0 aromatic rings. The van der Waals surface area contributed by atoms with Crippen molar-refractivity contribution in [2.24, 2.45) is 11.7 Å². The molecule has 2 aliphatic rings. The SMILES string of the molecule is NCC(NC1CC1)C1CCOC1. The van der Waals surface area contributed by atoms with Gasteiger partial charge in [0.15, 0.2) is 0 Å². The van der Waals surface area contributed by atoms with Gasteiger partial charge in [0.25, 0.3) is 0 Å². The molecule has 1 aliphatic carbocycles. The van der Waals surface area contributed by atoms with Crippen LogP contribution in [0.1, 0.15) is 19.3 Å². The Balaban J connectivity index is 1.78. The number of ether oxygens (including phenoxy) is 1. The standard InChI is InChI=1S/C9H18N2O/c10-5-9(11-8-1-2-8)7-3-4-12-6-7/h7-9,11H,1-6,10H2. The van der Waals surface area contributed by atoms with E-state index >= 15 is 0 Å². The monoisotopic (exact) mass is 170 g/mol. The van der Waals surface area contributed by atoms with Crippen LogP contribution in [-0.4, -0.2) is 31.8 Å². The summed E-state index contributed by atoms with van der Waals surface area (Å²) in [6, 6.07) is 1.26. The lowest BCUT2D eigenvalue weighted by Crippen LogP contribution is -2.43. The predicted molar refractivity (Wildman–Crippen MR) is 47.9 cm³/mol. The molecule has 1 saturated carbocycles. The highest BCUT2D eigenvalue weighted by Gasteiger charge is 2.30. The second-order valence-corrected chi connectivity index (χ2v) is 3.91. The second kappa shape index (κ2) is 3.73. The Bertz CT molecular complexity index is 141. The molecular weight excluding hydrogens is 152 g/mol. The Morgan fingerprint density at radius 2 is 2.25 bits per heavy atom. The van der Waals surface area contributed by atoms with Gasteiger partial charge in [-0.3, -0.25) is 0 Å². The Morgan fingerprint density at radius 3 is 2.75 bits per heavy atom. The molecule has 0 spiro atoms. The van der Waals surface area contributed by atoms with Gasteiger partial charge in [-0.05, 0) is 19.3 Å². The van der Waals surface area contributed by atoms with Gasteiger partial charge in [0.2, 0.25) is 0 Å². The zero-order chi connectivity index (χ0) is 8.39. The maximum absolute atomic E-state index is 5.71. The first kappa shape index (κ1) is 8.48. The van der Waals surface area contributed by atoms with Gasteiger partial charge in [-0.25, -0.2) is 0 Å². The fraction of sp³-hybridized carbons (Fsp3) is 1.00. The maximum atomic E-state index is 5.71. The van der Waals surface area contributed by atoms with Gasteiger partial charge in [0.05, 0.1) is 6.61 Å². The summed E-state index contributed by atoms with van der Waals surface area (Å²) in [5, 5.41) is 3.58. The number of hydrogen-bond donors (Lipinski definition) is 2. The van der Waals surface area contributed by atoms with Crippen molar-refractivity contribution in [3.05, 3.63) is 0 Å². The minimum absolute atomic E-state index is 0.500. The minimum atomic E-state index is 0.500. The molecule has 0 aromatic carbocycles. The third-order valence-electron chi connectivity index (χ3n) is 2.82. The van der Waals surface area contributed by atoms with Gasteiger partial charge in [-0.15, -0.1) is 0 Å². The smallest absolute Gasteiger partial charge is 0.0510 e. The summed E-state index contributed by atoms with van der Waals surface area (Å²) < 4.78 is 5.35. The lowest BCUT2D eigenvalue weighted by atomic mass is 9.99. The molecule has 2 rings (SSSR count). The Kier molecular flexibility index (Phi) is 2.63. The van der Waals surface area contributed by atoms with Gasteiger partial charge in [0.1, 0.15) is 0 Å². The minimum Gasteiger partial charge on any atom is -0.381 e. The summed E-state index contributed by atoms with van der Waals surface area (Å²) in [6.45, 7) is 2.58. The van der Waals surface area contributed by atoms with Crippen LogP contribution in [0.25, 0.3) is 0 Å². The topological polar surface area (TPSA) is 47.3 Å². The molecule has 1 heterocycles. The number of rotatable bonds is 4. The van der Waals surface area contributed by atoms with E-state index in [0.29, 0.717) is 12.0 Å². The molecule has 2 unspecified atom stereocenters. The summed E-state index contributed by atoms with van der Waals surface area (Å²) in [4.78, 5) is 0. The van der Waals surface area contributed by atoms with Crippen molar-refractivity contribution < 1.29 is 4.74 Å². The quantitative estimate of drug-likeness (QED) is 0.629. The third kappa shape index (κ3) is 1.97. The van der Waals surface area contributed by atoms with Crippen LogP contribution in [0.2, 0.25) is 0 Å². The van der Waals surface area contributed by atoms with Gasteiger partial charge in [-0.2, -0.15) is 0 Å². The molecule has 0 radical (unpaired) electrons. The van der Waals surface area contributed by atoms with E-state index in [4.69, 9.17) is 10.5 Å². The van der Waals surface area contributed by atoms with E-state index in [1.165, 1.54) is 19.3 Å². The highest BCUT2D eigenvalue weighted by molar-refractivity contribution is 4.89. The summed E-state index contributed by atoms with van der Waals surface area (Å²) >= 11 is 0. The first-order chi connectivity index (χ1) is 5.90. The molecule has 3 nitrogen and oxygen atoms in total. The zero-order valence-corrected chi connectivity index (χ0v) is 7.46. The van der Waals surface area contributed by atoms with Gasteiger partial charge >= 0.3 is 0 Å². The highest BCUT2D eigenvalue weighted by Crippen LogP contribution is 2.23. The summed E-state index contributed by atoms with van der Waals surface area (Å²) in [6.07, 6.45) is 3.86. The summed E-state index contributed by atoms with van der Waals surface area (Å²) in [7, 11) is 0. The first-order valence-corrected chi connectivity index (χ1v) is 4.94. The van der Waals surface area contributed by atoms with Crippen LogP contribution in [0.4, 0.5) is 0 Å². The van der Waals surface area contributed by atoms with E-state index in [2.05, 4.69) is 5.32 Å². The van der Waals surface area contributed by atoms with Crippen LogP contribution in [0, 0.1) is 5.92 Å². The predicted octanol–water partition coefficient (Wildman–Crippen LogP) is 0.102. The van der Waals surface area contributed by atoms with Crippen molar-refractivity contribution in [2.75, 3.05) is 19.8 Å². The Labute approximate surface area is 73.7 Å². The van der Waals surface area contributed by atoms with Crippen LogP contribution in [0.3, 0.4) is 0 Å². The summed E-state index contributed by atoms with van der Waals surface area (Å²) in [5.74, 6) is 0.663. The first-order valence-electron chi connectivity index (χ1n) is 4.94. The van der Waals surface area contributed by atoms with E-state index in [-0.39, 0.29) is 0 Å². The average Bonchev–Trinajstić information content (AvgIpc) is 2.74. The molecule has 2 fully saturated rings. The molecule has 1 aliphatic heterocycles. The molecule has 3 heteroatoms. The van der Waals surface area contributed by atoms with Crippen LogP contribution in [0.15, 0.2) is 0 Å². The fourth-order valence-electron chi connectivity index (χ4n) is 1.82. The highest BCUT2D eigenvalue weighted by atomic mass is 16.5. The largest absolute Gasteiger partial charge is 0.381 e. The average molecular weight is 170 g/mol. The Morgan fingerprint density at radius 1 is 1.42 bits per heavy atom. The number of hydrogen-bond acceptors (Lipinski definition) is 3. The Hall–Kier alpha value is -0.120. The summed E-state index contributed by atoms with van der Waals surface area (Å²) in [5.41, 5.74) is 5.71. The van der Waals surface area contributed by atoms with Gasteiger partial charge in [-0.1, -0.05) is 0 Å². The van der Waals surface area contributed by atoms with E-state index in [1.54, 1.807) is 0 Å². The second-order valence-electron chi connectivity index (χ2n) is 3.91. The molecule has 2 atom stereocenters. The zero-order valence-electron chi connectivity index (χ0n) is 7.46. The van der Waals surface area contributed by atoms with Gasteiger partial charge in [0, 0.05) is 31.2 Å². The number of nitrogens with two attached hydrogens (primary N) is 1. The number of nitrogens with one attached hydrogen (secondary N) is 1. The van der Waals surface area contributed by atoms with Crippen LogP contribution >= 0.6 is 0 Å². The van der Waals surface area contributed by atoms with Crippen molar-refractivity contribution in [3.63, 3.8) is 0 Å². The van der Waals surface area contributed by atoms with Crippen molar-refractivity contribution in [1.29, 1.82) is 0 Å². The van der Waals surface area contributed by atoms with E-state index < -0.39 is 0 Å². The molecule has 0 amide bonds. The molecule has 1 saturated heterocycles. The maximum Gasteiger partial charge on any atom is 0.0510 e.